The quantitative estimate of drug-likeness (QED) is 0.422. The molecule has 6 heteroatoms. The van der Waals surface area contributed by atoms with Crippen molar-refractivity contribution >= 4 is 5.91 Å². The van der Waals surface area contributed by atoms with Crippen LogP contribution in [0.2, 0.25) is 0 Å². The number of nitrogens with one attached hydrogen (secondary N) is 1. The summed E-state index contributed by atoms with van der Waals surface area (Å²) >= 11 is 0. The molecule has 1 atom stereocenters. The van der Waals surface area contributed by atoms with E-state index in [-0.39, 0.29) is 18.6 Å². The van der Waals surface area contributed by atoms with Crippen molar-refractivity contribution in [3.05, 3.63) is 23.7 Å². The molecule has 6 nitrogen and oxygen atoms in total. The number of hydrazine groups is 1. The second-order valence-electron chi connectivity index (χ2n) is 4.89. The summed E-state index contributed by atoms with van der Waals surface area (Å²) in [6.07, 6.45) is 5.90. The molecule has 1 aromatic heterocycles. The molecule has 0 radical (unpaired) electrons. The number of furan rings is 1. The number of hydrogen-bond acceptors (Lipinski definition) is 5. The first-order chi connectivity index (χ1) is 9.26. The van der Waals surface area contributed by atoms with Gasteiger partial charge in [0.05, 0.1) is 25.0 Å². The second kappa shape index (κ2) is 6.70. The highest BCUT2D eigenvalue weighted by Gasteiger charge is 2.23. The summed E-state index contributed by atoms with van der Waals surface area (Å²) in [6.45, 7) is 1.58. The molecular formula is C13H21N3O3. The summed E-state index contributed by atoms with van der Waals surface area (Å²) in [5, 5.41) is 9.47. The highest BCUT2D eigenvalue weighted by molar-refractivity contribution is 5.94. The molecule has 19 heavy (non-hydrogen) atoms. The molecule has 1 unspecified atom stereocenters. The zero-order valence-electron chi connectivity index (χ0n) is 11.0. The predicted molar refractivity (Wildman–Crippen MR) is 70.1 cm³/mol. The topological polar surface area (TPSA) is 91.7 Å². The minimum absolute atomic E-state index is 0.138. The van der Waals surface area contributed by atoms with Gasteiger partial charge in [-0.3, -0.25) is 15.1 Å². The first-order valence-electron chi connectivity index (χ1n) is 6.68. The Labute approximate surface area is 112 Å². The van der Waals surface area contributed by atoms with Gasteiger partial charge in [-0.15, -0.1) is 0 Å². The average Bonchev–Trinajstić information content (AvgIpc) is 2.77. The Bertz CT molecular complexity index is 419. The van der Waals surface area contributed by atoms with Gasteiger partial charge in [0, 0.05) is 6.04 Å². The highest BCUT2D eigenvalue weighted by atomic mass is 16.3. The van der Waals surface area contributed by atoms with Gasteiger partial charge in [-0.1, -0.05) is 12.8 Å². The van der Waals surface area contributed by atoms with Gasteiger partial charge in [0.25, 0.3) is 5.91 Å². The van der Waals surface area contributed by atoms with Crippen LogP contribution < -0.4 is 11.3 Å². The molecule has 0 spiro atoms. The van der Waals surface area contributed by atoms with Crippen LogP contribution in [0.25, 0.3) is 0 Å². The summed E-state index contributed by atoms with van der Waals surface area (Å²) in [6, 6.07) is 1.75. The van der Waals surface area contributed by atoms with E-state index in [1.54, 1.807) is 6.07 Å². The maximum Gasteiger partial charge on any atom is 0.268 e. The number of nitrogens with zero attached hydrogens (tertiary/aromatic N) is 1. The number of likely N-dealkylation sites (tertiary alicyclic amines) is 1. The van der Waals surface area contributed by atoms with Gasteiger partial charge in [0.2, 0.25) is 0 Å². The van der Waals surface area contributed by atoms with Crippen LogP contribution in [0, 0.1) is 0 Å². The SMILES string of the molecule is NNC(=O)c1ccoc1CN1CCCCCC1CO. The van der Waals surface area contributed by atoms with Crippen molar-refractivity contribution in [2.45, 2.75) is 38.3 Å². The van der Waals surface area contributed by atoms with Crippen LogP contribution >= 0.6 is 0 Å². The average molecular weight is 267 g/mol. The minimum atomic E-state index is -0.348. The molecule has 4 N–H and O–H groups in total. The van der Waals surface area contributed by atoms with E-state index < -0.39 is 0 Å². The third-order valence-electron chi connectivity index (χ3n) is 3.68. The van der Waals surface area contributed by atoms with E-state index in [1.165, 1.54) is 12.7 Å². The molecule has 0 aliphatic carbocycles. The molecule has 1 saturated heterocycles. The number of hydrogen-bond donors (Lipinski definition) is 3. The van der Waals surface area contributed by atoms with Crippen molar-refractivity contribution < 1.29 is 14.3 Å². The summed E-state index contributed by atoms with van der Waals surface area (Å²) in [4.78, 5) is 13.8. The van der Waals surface area contributed by atoms with Gasteiger partial charge in [-0.25, -0.2) is 5.84 Å². The zero-order chi connectivity index (χ0) is 13.7. The Morgan fingerprint density at radius 3 is 3.11 bits per heavy atom. The molecule has 1 aliphatic heterocycles. The molecule has 0 bridgehead atoms. The van der Waals surface area contributed by atoms with E-state index >= 15 is 0 Å². The lowest BCUT2D eigenvalue weighted by atomic mass is 10.1. The number of rotatable bonds is 4. The zero-order valence-corrected chi connectivity index (χ0v) is 11.0. The van der Waals surface area contributed by atoms with Crippen LogP contribution in [0.1, 0.15) is 41.8 Å². The monoisotopic (exact) mass is 267 g/mol. The van der Waals surface area contributed by atoms with Crippen molar-refractivity contribution in [3.8, 4) is 0 Å². The van der Waals surface area contributed by atoms with Crippen LogP contribution in [0.3, 0.4) is 0 Å². The van der Waals surface area contributed by atoms with Crippen molar-refractivity contribution in [3.63, 3.8) is 0 Å². The number of carbonyl (C=O) groups is 1. The molecule has 0 aromatic carbocycles. The molecule has 0 saturated carbocycles. The van der Waals surface area contributed by atoms with Gasteiger partial charge in [-0.05, 0) is 25.5 Å². The first kappa shape index (κ1) is 14.0. The molecule has 106 valence electrons. The fourth-order valence-corrected chi connectivity index (χ4v) is 2.58. The van der Waals surface area contributed by atoms with E-state index in [2.05, 4.69) is 10.3 Å². The van der Waals surface area contributed by atoms with Crippen LogP contribution in [0.5, 0.6) is 0 Å². The Kier molecular flexibility index (Phi) is 4.95. The lowest BCUT2D eigenvalue weighted by Gasteiger charge is -2.27. The fourth-order valence-electron chi connectivity index (χ4n) is 2.58. The number of nitrogens with two attached hydrogens (primary N) is 1. The third-order valence-corrected chi connectivity index (χ3v) is 3.68. The highest BCUT2D eigenvalue weighted by Crippen LogP contribution is 2.21. The molecule has 1 aliphatic rings. The number of aliphatic hydroxyl groups excluding tert-OH is 1. The van der Waals surface area contributed by atoms with Crippen LogP contribution in [-0.4, -0.2) is 35.1 Å². The number of aliphatic hydroxyl groups is 1. The van der Waals surface area contributed by atoms with Crippen molar-refractivity contribution in [1.82, 2.24) is 10.3 Å². The second-order valence-corrected chi connectivity index (χ2v) is 4.89. The van der Waals surface area contributed by atoms with E-state index in [4.69, 9.17) is 10.3 Å². The Morgan fingerprint density at radius 1 is 1.53 bits per heavy atom. The minimum Gasteiger partial charge on any atom is -0.467 e. The summed E-state index contributed by atoms with van der Waals surface area (Å²) < 4.78 is 5.38. The van der Waals surface area contributed by atoms with Crippen LogP contribution in [0.4, 0.5) is 0 Å². The van der Waals surface area contributed by atoms with Crippen molar-refractivity contribution in [2.75, 3.05) is 13.2 Å². The number of nitrogen functional groups attached to an aromatic ring is 1. The van der Waals surface area contributed by atoms with Gasteiger partial charge < -0.3 is 9.52 Å². The molecule has 2 rings (SSSR count). The van der Waals surface area contributed by atoms with Crippen LogP contribution in [0.15, 0.2) is 16.7 Å². The maximum absolute atomic E-state index is 11.6. The van der Waals surface area contributed by atoms with E-state index in [1.807, 2.05) is 0 Å². The summed E-state index contributed by atoms with van der Waals surface area (Å²) in [5.74, 6) is 5.40. The Balaban J connectivity index is 2.10. The first-order valence-corrected chi connectivity index (χ1v) is 6.68. The number of carbonyl (C=O) groups excluding carboxylic acids is 1. The normalized spacial score (nSPS) is 21.1. The smallest absolute Gasteiger partial charge is 0.268 e. The summed E-state index contributed by atoms with van der Waals surface area (Å²) in [7, 11) is 0. The van der Waals surface area contributed by atoms with Gasteiger partial charge in [0.15, 0.2) is 0 Å². The Morgan fingerprint density at radius 2 is 2.37 bits per heavy atom. The molecule has 2 heterocycles. The third kappa shape index (κ3) is 3.34. The molecule has 1 amide bonds. The Hall–Kier alpha value is -1.37. The predicted octanol–water partition coefficient (Wildman–Crippen LogP) is 0.620. The van der Waals surface area contributed by atoms with E-state index in [0.717, 1.165) is 25.8 Å². The fraction of sp³-hybridized carbons (Fsp3) is 0.615. The summed E-state index contributed by atoms with van der Waals surface area (Å²) in [5.41, 5.74) is 2.58. The lowest BCUT2D eigenvalue weighted by Crippen LogP contribution is -2.37. The van der Waals surface area contributed by atoms with E-state index in [0.29, 0.717) is 17.9 Å². The number of amides is 1. The van der Waals surface area contributed by atoms with Crippen molar-refractivity contribution in [1.29, 1.82) is 0 Å². The van der Waals surface area contributed by atoms with Gasteiger partial charge in [-0.2, -0.15) is 0 Å². The molecular weight excluding hydrogens is 246 g/mol. The largest absolute Gasteiger partial charge is 0.467 e. The standard InChI is InChI=1S/C13H21N3O3/c14-15-13(18)11-5-7-19-12(11)8-16-6-3-1-2-4-10(16)9-17/h5,7,10,17H,1-4,6,8-9,14H2,(H,15,18). The van der Waals surface area contributed by atoms with Crippen LogP contribution in [-0.2, 0) is 6.54 Å². The van der Waals surface area contributed by atoms with E-state index in [9.17, 15) is 9.90 Å². The van der Waals surface area contributed by atoms with Crippen molar-refractivity contribution in [2.24, 2.45) is 5.84 Å². The van der Waals surface area contributed by atoms with Gasteiger partial charge in [0.1, 0.15) is 5.76 Å². The molecule has 1 fully saturated rings. The lowest BCUT2D eigenvalue weighted by molar-refractivity contribution is 0.0940. The van der Waals surface area contributed by atoms with Gasteiger partial charge >= 0.3 is 0 Å². The maximum atomic E-state index is 11.6. The molecule has 1 aromatic rings.